The maximum Gasteiger partial charge on any atom is 0.323 e. The van der Waals surface area contributed by atoms with Gasteiger partial charge in [0.05, 0.1) is 36.3 Å². The van der Waals surface area contributed by atoms with Gasteiger partial charge in [-0.05, 0) is 18.2 Å². The molecule has 1 saturated heterocycles. The van der Waals surface area contributed by atoms with Crippen LogP contribution in [0.2, 0.25) is 5.02 Å². The number of carbonyl (C=O) groups is 1. The van der Waals surface area contributed by atoms with Crippen LogP contribution in [0.15, 0.2) is 30.6 Å². The molecule has 0 aliphatic carbocycles. The van der Waals surface area contributed by atoms with Crippen molar-refractivity contribution in [3.05, 3.63) is 41.4 Å². The highest BCUT2D eigenvalue weighted by molar-refractivity contribution is 6.31. The number of anilines is 3. The van der Waals surface area contributed by atoms with E-state index >= 15 is 0 Å². The van der Waals surface area contributed by atoms with Crippen LogP contribution in [-0.2, 0) is 4.74 Å². The SMILES string of the molecule is O=C(Nc1cnc(N2CCOCC2)nc1)Nc1ccc(F)c(Cl)c1. The molecule has 1 fully saturated rings. The van der Waals surface area contributed by atoms with Crippen molar-refractivity contribution in [2.75, 3.05) is 41.8 Å². The molecular weight excluding hydrogens is 337 g/mol. The molecule has 2 amide bonds. The summed E-state index contributed by atoms with van der Waals surface area (Å²) in [6.07, 6.45) is 3.05. The Bertz CT molecular complexity index is 722. The minimum Gasteiger partial charge on any atom is -0.378 e. The predicted molar refractivity (Wildman–Crippen MR) is 89.1 cm³/mol. The van der Waals surface area contributed by atoms with Crippen molar-refractivity contribution in [3.63, 3.8) is 0 Å². The van der Waals surface area contributed by atoms with Crippen molar-refractivity contribution in [1.82, 2.24) is 9.97 Å². The molecule has 0 spiro atoms. The zero-order valence-corrected chi connectivity index (χ0v) is 13.4. The zero-order valence-electron chi connectivity index (χ0n) is 12.6. The van der Waals surface area contributed by atoms with Gasteiger partial charge in [0.25, 0.3) is 0 Å². The Morgan fingerprint density at radius 1 is 1.17 bits per heavy atom. The smallest absolute Gasteiger partial charge is 0.323 e. The lowest BCUT2D eigenvalue weighted by atomic mass is 10.3. The van der Waals surface area contributed by atoms with E-state index in [9.17, 15) is 9.18 Å². The number of nitrogens with zero attached hydrogens (tertiary/aromatic N) is 3. The van der Waals surface area contributed by atoms with E-state index in [0.29, 0.717) is 30.5 Å². The Morgan fingerprint density at radius 2 is 1.83 bits per heavy atom. The average Bonchev–Trinajstić information content (AvgIpc) is 2.59. The van der Waals surface area contributed by atoms with Crippen LogP contribution in [0.1, 0.15) is 0 Å². The first kappa shape index (κ1) is 16.4. The number of morpholine rings is 1. The second-order valence-corrected chi connectivity index (χ2v) is 5.49. The zero-order chi connectivity index (χ0) is 16.9. The fourth-order valence-corrected chi connectivity index (χ4v) is 2.36. The summed E-state index contributed by atoms with van der Waals surface area (Å²) in [5.41, 5.74) is 0.822. The Labute approximate surface area is 142 Å². The molecular formula is C15H15ClFN5O2. The number of hydrogen-bond donors (Lipinski definition) is 2. The molecule has 24 heavy (non-hydrogen) atoms. The third kappa shape index (κ3) is 4.09. The lowest BCUT2D eigenvalue weighted by Crippen LogP contribution is -2.37. The number of halogens is 2. The fourth-order valence-electron chi connectivity index (χ4n) is 2.18. The Balaban J connectivity index is 1.58. The first-order valence-electron chi connectivity index (χ1n) is 7.29. The van der Waals surface area contributed by atoms with Gasteiger partial charge in [-0.3, -0.25) is 0 Å². The maximum atomic E-state index is 13.1. The number of urea groups is 1. The summed E-state index contributed by atoms with van der Waals surface area (Å²) < 4.78 is 18.4. The van der Waals surface area contributed by atoms with Gasteiger partial charge in [0.2, 0.25) is 5.95 Å². The Morgan fingerprint density at radius 3 is 2.50 bits per heavy atom. The van der Waals surface area contributed by atoms with Crippen LogP contribution in [0.5, 0.6) is 0 Å². The monoisotopic (exact) mass is 351 g/mol. The molecule has 3 rings (SSSR count). The quantitative estimate of drug-likeness (QED) is 0.889. The van der Waals surface area contributed by atoms with Gasteiger partial charge in [0, 0.05) is 18.8 Å². The third-order valence-electron chi connectivity index (χ3n) is 3.37. The molecule has 1 aromatic heterocycles. The van der Waals surface area contributed by atoms with E-state index < -0.39 is 11.8 Å². The molecule has 9 heteroatoms. The van der Waals surface area contributed by atoms with Crippen molar-refractivity contribution < 1.29 is 13.9 Å². The minimum atomic E-state index is -0.547. The number of aromatic nitrogens is 2. The molecule has 0 radical (unpaired) electrons. The molecule has 1 aliphatic rings. The maximum absolute atomic E-state index is 13.1. The third-order valence-corrected chi connectivity index (χ3v) is 3.66. The molecule has 0 unspecified atom stereocenters. The number of carbonyl (C=O) groups excluding carboxylic acids is 1. The Kier molecular flexibility index (Phi) is 5.07. The topological polar surface area (TPSA) is 79.4 Å². The van der Waals surface area contributed by atoms with Crippen molar-refractivity contribution >= 4 is 35.0 Å². The number of rotatable bonds is 3. The number of ether oxygens (including phenoxy) is 1. The van der Waals surface area contributed by atoms with E-state index in [0.717, 1.165) is 13.1 Å². The largest absolute Gasteiger partial charge is 0.378 e. The lowest BCUT2D eigenvalue weighted by Gasteiger charge is -2.26. The second kappa shape index (κ2) is 7.41. The normalized spacial score (nSPS) is 14.3. The van der Waals surface area contributed by atoms with Crippen LogP contribution in [0.25, 0.3) is 0 Å². The van der Waals surface area contributed by atoms with Crippen LogP contribution in [-0.4, -0.2) is 42.3 Å². The van der Waals surface area contributed by atoms with Crippen LogP contribution in [0, 0.1) is 5.82 Å². The second-order valence-electron chi connectivity index (χ2n) is 5.08. The summed E-state index contributed by atoms with van der Waals surface area (Å²) in [6, 6.07) is 3.42. The molecule has 2 N–H and O–H groups in total. The molecule has 1 aromatic carbocycles. The molecule has 2 heterocycles. The van der Waals surface area contributed by atoms with E-state index in [-0.39, 0.29) is 5.02 Å². The standard InChI is InChI=1S/C15H15ClFN5O2/c16-12-7-10(1-2-13(12)17)20-15(23)21-11-8-18-14(19-9-11)22-3-5-24-6-4-22/h1-2,7-9H,3-6H2,(H2,20,21,23). The summed E-state index contributed by atoms with van der Waals surface area (Å²) in [5, 5.41) is 5.09. The molecule has 0 atom stereocenters. The molecule has 0 saturated carbocycles. The van der Waals surface area contributed by atoms with Crippen LogP contribution >= 0.6 is 11.6 Å². The molecule has 1 aliphatic heterocycles. The van der Waals surface area contributed by atoms with Gasteiger partial charge in [0.15, 0.2) is 0 Å². The number of hydrogen-bond acceptors (Lipinski definition) is 5. The van der Waals surface area contributed by atoms with Crippen LogP contribution in [0.4, 0.5) is 26.5 Å². The summed E-state index contributed by atoms with van der Waals surface area (Å²) in [6.45, 7) is 2.76. The van der Waals surface area contributed by atoms with E-state index in [4.69, 9.17) is 16.3 Å². The van der Waals surface area contributed by atoms with Gasteiger partial charge in [-0.1, -0.05) is 11.6 Å². The summed E-state index contributed by atoms with van der Waals surface area (Å²) in [5.74, 6) is 0.0456. The lowest BCUT2D eigenvalue weighted by molar-refractivity contribution is 0.122. The highest BCUT2D eigenvalue weighted by atomic mass is 35.5. The molecule has 0 bridgehead atoms. The van der Waals surface area contributed by atoms with Gasteiger partial charge in [0.1, 0.15) is 5.82 Å². The predicted octanol–water partition coefficient (Wildman–Crippen LogP) is 2.75. The van der Waals surface area contributed by atoms with Gasteiger partial charge in [-0.25, -0.2) is 19.2 Å². The van der Waals surface area contributed by atoms with E-state index in [1.807, 2.05) is 4.90 Å². The fraction of sp³-hybridized carbons (Fsp3) is 0.267. The van der Waals surface area contributed by atoms with Crippen molar-refractivity contribution in [2.45, 2.75) is 0 Å². The van der Waals surface area contributed by atoms with Crippen molar-refractivity contribution in [2.24, 2.45) is 0 Å². The van der Waals surface area contributed by atoms with Crippen LogP contribution in [0.3, 0.4) is 0 Å². The first-order chi connectivity index (χ1) is 11.6. The van der Waals surface area contributed by atoms with Crippen molar-refractivity contribution in [3.8, 4) is 0 Å². The van der Waals surface area contributed by atoms with E-state index in [1.165, 1.54) is 30.6 Å². The summed E-state index contributed by atoms with van der Waals surface area (Å²) >= 11 is 5.67. The van der Waals surface area contributed by atoms with E-state index in [1.54, 1.807) is 0 Å². The van der Waals surface area contributed by atoms with Gasteiger partial charge >= 0.3 is 6.03 Å². The van der Waals surface area contributed by atoms with Gasteiger partial charge in [-0.2, -0.15) is 0 Å². The Hall–Kier alpha value is -2.45. The highest BCUT2D eigenvalue weighted by Gasteiger charge is 2.13. The number of amides is 2. The van der Waals surface area contributed by atoms with Crippen molar-refractivity contribution in [1.29, 1.82) is 0 Å². The minimum absolute atomic E-state index is 0.0639. The molecule has 126 valence electrons. The number of benzene rings is 1. The summed E-state index contributed by atoms with van der Waals surface area (Å²) in [4.78, 5) is 22.4. The van der Waals surface area contributed by atoms with E-state index in [2.05, 4.69) is 20.6 Å². The summed E-state index contributed by atoms with van der Waals surface area (Å²) in [7, 11) is 0. The molecule has 2 aromatic rings. The number of nitrogens with one attached hydrogen (secondary N) is 2. The van der Waals surface area contributed by atoms with Crippen LogP contribution < -0.4 is 15.5 Å². The average molecular weight is 352 g/mol. The first-order valence-corrected chi connectivity index (χ1v) is 7.67. The van der Waals surface area contributed by atoms with Gasteiger partial charge in [-0.15, -0.1) is 0 Å². The highest BCUT2D eigenvalue weighted by Crippen LogP contribution is 2.19. The molecule has 7 nitrogen and oxygen atoms in total. The van der Waals surface area contributed by atoms with Gasteiger partial charge < -0.3 is 20.3 Å².